The number of phosphoric acid groups is 1. The molecule has 0 aliphatic rings. The average molecular weight is 1140 g/mol. The SMILES string of the molecule is CC/C=C\C/C=C\C/C=C\C/C=C\C/C=C\CCCCCCCCCCCCCCCCCCCCCCCCCCCC(=O)NC(COP(=O)(O)OCC[N+](C)(C)C)C(O)/C=C/CC/C=C/CC/C=C/CCCCCCCCC. The van der Waals surface area contributed by atoms with Gasteiger partial charge in [-0.1, -0.05) is 297 Å². The first-order chi connectivity index (χ1) is 39.0. The molecule has 1 amide bonds. The molecule has 0 heterocycles. The van der Waals surface area contributed by atoms with Crippen LogP contribution in [-0.2, 0) is 18.4 Å². The van der Waals surface area contributed by atoms with Crippen LogP contribution in [0.15, 0.2) is 97.2 Å². The van der Waals surface area contributed by atoms with Crippen molar-refractivity contribution in [2.24, 2.45) is 0 Å². The number of carbonyl (C=O) groups is 1. The van der Waals surface area contributed by atoms with Gasteiger partial charge in [0, 0.05) is 6.42 Å². The first-order valence-electron chi connectivity index (χ1n) is 33.6. The van der Waals surface area contributed by atoms with Crippen molar-refractivity contribution in [1.82, 2.24) is 5.32 Å². The Morgan fingerprint density at radius 3 is 1.15 bits per heavy atom. The van der Waals surface area contributed by atoms with Gasteiger partial charge >= 0.3 is 7.82 Å². The number of rotatable bonds is 61. The van der Waals surface area contributed by atoms with Gasteiger partial charge in [-0.25, -0.2) is 4.57 Å². The molecule has 8 nitrogen and oxygen atoms in total. The lowest BCUT2D eigenvalue weighted by molar-refractivity contribution is -0.870. The standard InChI is InChI=1S/C71H129N2O6P/c1-6-8-10-12-14-16-18-20-22-24-25-26-27-28-29-30-31-32-33-34-35-36-37-38-39-40-41-42-43-44-45-46-47-49-51-53-55-57-59-61-63-65-71(75)72-69(68-79-80(76,77)78-67-66-73(3,4)5)70(74)64-62-60-58-56-54-52-50-48-23-21-19-17-15-13-11-9-7-2/h8,10,14,16,20,22-23,25-26,28-29,48,54,56,62,64,69-70,74H,6-7,9,11-13,15,17-19,21,24,27,30-47,49-53,55,57-61,63,65-68H2,1-5H3,(H-,72,75,76,77)/p+1/b10-8-,16-14-,22-20-,26-25-,29-28-,48-23+,56-54+,64-62+. The summed E-state index contributed by atoms with van der Waals surface area (Å²) in [6.07, 6.45) is 88.5. The van der Waals surface area contributed by atoms with E-state index < -0.39 is 20.0 Å². The van der Waals surface area contributed by atoms with Crippen molar-refractivity contribution in [1.29, 1.82) is 0 Å². The molecule has 0 aliphatic heterocycles. The quantitative estimate of drug-likeness (QED) is 0.0243. The summed E-state index contributed by atoms with van der Waals surface area (Å²) < 4.78 is 23.7. The van der Waals surface area contributed by atoms with Crippen LogP contribution in [0.5, 0.6) is 0 Å². The second-order valence-electron chi connectivity index (χ2n) is 23.8. The summed E-state index contributed by atoms with van der Waals surface area (Å²) in [6.45, 7) is 4.68. The van der Waals surface area contributed by atoms with E-state index in [2.05, 4.69) is 104 Å². The minimum Gasteiger partial charge on any atom is -0.387 e. The predicted molar refractivity (Wildman–Crippen MR) is 350 cm³/mol. The molecular weight excluding hydrogens is 1010 g/mol. The fraction of sp³-hybridized carbons (Fsp3) is 0.761. The molecule has 0 aromatic rings. The van der Waals surface area contributed by atoms with Crippen LogP contribution in [0, 0.1) is 0 Å². The molecule has 0 fully saturated rings. The van der Waals surface area contributed by atoms with E-state index in [4.69, 9.17) is 9.05 Å². The van der Waals surface area contributed by atoms with E-state index in [1.54, 1.807) is 6.08 Å². The zero-order chi connectivity index (χ0) is 58.4. The largest absolute Gasteiger partial charge is 0.472 e. The molecule has 0 saturated carbocycles. The summed E-state index contributed by atoms with van der Waals surface area (Å²) in [5, 5.41) is 13.9. The number of likely N-dealkylation sites (N-methyl/N-ethyl adjacent to an activating group) is 1. The Bertz CT molecular complexity index is 1620. The number of carbonyl (C=O) groups excluding carboxylic acids is 1. The van der Waals surface area contributed by atoms with Crippen molar-refractivity contribution in [3.63, 3.8) is 0 Å². The van der Waals surface area contributed by atoms with Crippen molar-refractivity contribution in [3.05, 3.63) is 97.2 Å². The third-order valence-corrected chi connectivity index (χ3v) is 15.7. The van der Waals surface area contributed by atoms with Crippen LogP contribution >= 0.6 is 7.82 Å². The highest BCUT2D eigenvalue weighted by atomic mass is 31.2. The van der Waals surface area contributed by atoms with Crippen molar-refractivity contribution < 1.29 is 32.9 Å². The third kappa shape index (κ3) is 63.0. The van der Waals surface area contributed by atoms with Crippen LogP contribution in [0.2, 0.25) is 0 Å². The van der Waals surface area contributed by atoms with Gasteiger partial charge in [-0.05, 0) is 89.9 Å². The van der Waals surface area contributed by atoms with Gasteiger partial charge in [0.15, 0.2) is 0 Å². The third-order valence-electron chi connectivity index (χ3n) is 14.8. The highest BCUT2D eigenvalue weighted by Crippen LogP contribution is 2.43. The van der Waals surface area contributed by atoms with Gasteiger partial charge in [0.05, 0.1) is 39.9 Å². The molecule has 80 heavy (non-hydrogen) atoms. The number of allylic oxidation sites excluding steroid dienone is 15. The first-order valence-corrected chi connectivity index (χ1v) is 35.1. The van der Waals surface area contributed by atoms with Gasteiger partial charge in [0.2, 0.25) is 5.91 Å². The van der Waals surface area contributed by atoms with Gasteiger partial charge in [-0.3, -0.25) is 13.8 Å². The molecule has 0 rings (SSSR count). The zero-order valence-corrected chi connectivity index (χ0v) is 53.9. The number of nitrogens with zero attached hydrogens (tertiary/aromatic N) is 1. The molecule has 0 bridgehead atoms. The molecule has 464 valence electrons. The Morgan fingerprint density at radius 2 is 0.762 bits per heavy atom. The molecule has 0 radical (unpaired) electrons. The monoisotopic (exact) mass is 1140 g/mol. The normalized spacial score (nSPS) is 14.3. The fourth-order valence-electron chi connectivity index (χ4n) is 9.57. The summed E-state index contributed by atoms with van der Waals surface area (Å²) in [7, 11) is 1.55. The first kappa shape index (κ1) is 77.4. The molecule has 3 N–H and O–H groups in total. The predicted octanol–water partition coefficient (Wildman–Crippen LogP) is 21.3. The maximum absolute atomic E-state index is 13.0. The summed E-state index contributed by atoms with van der Waals surface area (Å²) in [5.74, 6) is -0.188. The highest BCUT2D eigenvalue weighted by molar-refractivity contribution is 7.47. The minimum absolute atomic E-state index is 0.0523. The average Bonchev–Trinajstić information content (AvgIpc) is 3.42. The number of nitrogens with one attached hydrogen (secondary N) is 1. The van der Waals surface area contributed by atoms with Gasteiger partial charge < -0.3 is 19.8 Å². The summed E-state index contributed by atoms with van der Waals surface area (Å²) in [6, 6.07) is -0.872. The lowest BCUT2D eigenvalue weighted by Gasteiger charge is -2.25. The maximum atomic E-state index is 13.0. The molecule has 9 heteroatoms. The Kier molecular flexibility index (Phi) is 59.0. The molecule has 3 atom stereocenters. The van der Waals surface area contributed by atoms with Crippen molar-refractivity contribution in [2.75, 3.05) is 40.9 Å². The number of quaternary nitrogens is 1. The number of hydrogen-bond donors (Lipinski definition) is 3. The summed E-state index contributed by atoms with van der Waals surface area (Å²) >= 11 is 0. The molecule has 0 spiro atoms. The molecule has 0 saturated heterocycles. The van der Waals surface area contributed by atoms with Crippen LogP contribution < -0.4 is 5.32 Å². The molecule has 0 aromatic carbocycles. The van der Waals surface area contributed by atoms with E-state index >= 15 is 0 Å². The Hall–Kier alpha value is -2.58. The van der Waals surface area contributed by atoms with Crippen molar-refractivity contribution in [2.45, 2.75) is 309 Å². The van der Waals surface area contributed by atoms with Gasteiger partial charge in [0.25, 0.3) is 0 Å². The van der Waals surface area contributed by atoms with Crippen LogP contribution in [0.3, 0.4) is 0 Å². The van der Waals surface area contributed by atoms with Crippen molar-refractivity contribution in [3.8, 4) is 0 Å². The van der Waals surface area contributed by atoms with Gasteiger partial charge in [0.1, 0.15) is 13.2 Å². The molecule has 0 aliphatic carbocycles. The number of unbranched alkanes of at least 4 members (excludes halogenated alkanes) is 34. The lowest BCUT2D eigenvalue weighted by Crippen LogP contribution is -2.45. The molecular formula is C71H130N2O6P+. The summed E-state index contributed by atoms with van der Waals surface area (Å²) in [5.41, 5.74) is 0. The zero-order valence-electron chi connectivity index (χ0n) is 53.0. The van der Waals surface area contributed by atoms with E-state index in [0.29, 0.717) is 17.4 Å². The molecule has 0 aromatic heterocycles. The van der Waals surface area contributed by atoms with Crippen LogP contribution in [0.4, 0.5) is 0 Å². The van der Waals surface area contributed by atoms with Crippen LogP contribution in [0.1, 0.15) is 296 Å². The lowest BCUT2D eigenvalue weighted by atomic mass is 10.0. The Balaban J connectivity index is 3.95. The number of hydrogen-bond acceptors (Lipinski definition) is 5. The Morgan fingerprint density at radius 1 is 0.438 bits per heavy atom. The number of amides is 1. The van der Waals surface area contributed by atoms with Crippen molar-refractivity contribution >= 4 is 13.7 Å². The van der Waals surface area contributed by atoms with E-state index in [1.165, 1.54) is 199 Å². The fourth-order valence-corrected chi connectivity index (χ4v) is 10.3. The molecule has 3 unspecified atom stereocenters. The second-order valence-corrected chi connectivity index (χ2v) is 25.3. The topological polar surface area (TPSA) is 105 Å². The van der Waals surface area contributed by atoms with E-state index in [-0.39, 0.29) is 19.1 Å². The number of aliphatic hydroxyl groups excluding tert-OH is 1. The highest BCUT2D eigenvalue weighted by Gasteiger charge is 2.28. The number of aliphatic hydroxyl groups is 1. The van der Waals surface area contributed by atoms with Crippen LogP contribution in [-0.4, -0.2) is 73.4 Å². The van der Waals surface area contributed by atoms with E-state index in [9.17, 15) is 19.4 Å². The smallest absolute Gasteiger partial charge is 0.387 e. The van der Waals surface area contributed by atoms with Gasteiger partial charge in [-0.2, -0.15) is 0 Å². The Labute approximate surface area is 496 Å². The van der Waals surface area contributed by atoms with Crippen LogP contribution in [0.25, 0.3) is 0 Å². The summed E-state index contributed by atoms with van der Waals surface area (Å²) in [4.78, 5) is 23.3. The van der Waals surface area contributed by atoms with E-state index in [0.717, 1.165) is 77.0 Å². The number of phosphoric ester groups is 1. The van der Waals surface area contributed by atoms with Gasteiger partial charge in [-0.15, -0.1) is 0 Å². The minimum atomic E-state index is -4.36. The second kappa shape index (κ2) is 61.0. The van der Waals surface area contributed by atoms with E-state index in [1.807, 2.05) is 27.2 Å². The maximum Gasteiger partial charge on any atom is 0.472 e.